The third-order valence-electron chi connectivity index (χ3n) is 3.10. The Hall–Kier alpha value is -2.75. The molecule has 0 spiro atoms. The lowest BCUT2D eigenvalue weighted by Crippen LogP contribution is -2.13. The summed E-state index contributed by atoms with van der Waals surface area (Å²) in [7, 11) is 0. The van der Waals surface area contributed by atoms with Crippen LogP contribution in [0.4, 0.5) is 10.5 Å². The summed E-state index contributed by atoms with van der Waals surface area (Å²) >= 11 is 0. The minimum Gasteiger partial charge on any atom is -0.461 e. The normalized spacial score (nSPS) is 10.5. The summed E-state index contributed by atoms with van der Waals surface area (Å²) in [5, 5.41) is 3.66. The molecule has 106 valence electrons. The fourth-order valence-corrected chi connectivity index (χ4v) is 2.13. The molecule has 1 amide bonds. The minimum atomic E-state index is -0.474. The Labute approximate surface area is 122 Å². The van der Waals surface area contributed by atoms with Crippen LogP contribution in [-0.2, 0) is 11.3 Å². The monoisotopic (exact) mass is 281 g/mol. The van der Waals surface area contributed by atoms with Crippen molar-refractivity contribution in [3.8, 4) is 0 Å². The number of furan rings is 1. The number of carbonyl (C=O) groups is 1. The molecule has 0 aliphatic rings. The van der Waals surface area contributed by atoms with Crippen molar-refractivity contribution >= 4 is 22.7 Å². The van der Waals surface area contributed by atoms with Gasteiger partial charge in [0.1, 0.15) is 18.0 Å². The van der Waals surface area contributed by atoms with Crippen LogP contribution in [0.1, 0.15) is 11.3 Å². The van der Waals surface area contributed by atoms with Crippen LogP contribution < -0.4 is 5.32 Å². The molecule has 1 N–H and O–H groups in total. The summed E-state index contributed by atoms with van der Waals surface area (Å²) in [6.07, 6.45) is -0.474. The van der Waals surface area contributed by atoms with E-state index in [0.717, 1.165) is 22.3 Å². The first-order valence-electron chi connectivity index (χ1n) is 6.68. The molecule has 0 radical (unpaired) electrons. The second kappa shape index (κ2) is 5.71. The number of hydrogen-bond acceptors (Lipinski definition) is 3. The van der Waals surface area contributed by atoms with Gasteiger partial charge in [-0.25, -0.2) is 4.79 Å². The van der Waals surface area contributed by atoms with Gasteiger partial charge in [0.15, 0.2) is 0 Å². The van der Waals surface area contributed by atoms with E-state index in [0.29, 0.717) is 5.69 Å². The van der Waals surface area contributed by atoms with Crippen molar-refractivity contribution in [2.45, 2.75) is 13.5 Å². The van der Waals surface area contributed by atoms with Gasteiger partial charge in [-0.3, -0.25) is 5.32 Å². The van der Waals surface area contributed by atoms with Gasteiger partial charge in [0, 0.05) is 11.1 Å². The second-order valence-electron chi connectivity index (χ2n) is 4.80. The highest BCUT2D eigenvalue weighted by Crippen LogP contribution is 2.22. The van der Waals surface area contributed by atoms with Gasteiger partial charge in [0.2, 0.25) is 0 Å². The third-order valence-corrected chi connectivity index (χ3v) is 3.10. The zero-order chi connectivity index (χ0) is 14.7. The summed E-state index contributed by atoms with van der Waals surface area (Å²) in [4.78, 5) is 11.8. The Balaban J connectivity index is 1.63. The van der Waals surface area contributed by atoms with E-state index in [1.807, 2.05) is 55.5 Å². The van der Waals surface area contributed by atoms with Gasteiger partial charge in [-0.15, -0.1) is 0 Å². The summed E-state index contributed by atoms with van der Waals surface area (Å²) < 4.78 is 10.7. The highest BCUT2D eigenvalue weighted by Gasteiger charge is 2.06. The predicted molar refractivity (Wildman–Crippen MR) is 81.2 cm³/mol. The van der Waals surface area contributed by atoms with Crippen LogP contribution in [0, 0.1) is 6.92 Å². The van der Waals surface area contributed by atoms with Crippen molar-refractivity contribution in [2.75, 3.05) is 5.32 Å². The third kappa shape index (κ3) is 3.23. The van der Waals surface area contributed by atoms with Crippen LogP contribution in [0.2, 0.25) is 0 Å². The molecule has 0 aliphatic heterocycles. The number of aryl methyl sites for hydroxylation is 1. The number of benzene rings is 2. The fourth-order valence-electron chi connectivity index (χ4n) is 2.13. The van der Waals surface area contributed by atoms with E-state index in [1.54, 1.807) is 6.07 Å². The van der Waals surface area contributed by atoms with Gasteiger partial charge < -0.3 is 9.15 Å². The number of amides is 1. The lowest BCUT2D eigenvalue weighted by Gasteiger charge is -2.07. The molecule has 1 heterocycles. The van der Waals surface area contributed by atoms with E-state index in [4.69, 9.17) is 9.15 Å². The first-order chi connectivity index (χ1) is 10.2. The van der Waals surface area contributed by atoms with E-state index in [1.165, 1.54) is 0 Å². The number of carbonyl (C=O) groups excluding carboxylic acids is 1. The summed E-state index contributed by atoms with van der Waals surface area (Å²) in [5.41, 5.74) is 2.44. The zero-order valence-electron chi connectivity index (χ0n) is 11.6. The van der Waals surface area contributed by atoms with Crippen molar-refractivity contribution in [1.29, 1.82) is 0 Å². The first kappa shape index (κ1) is 13.2. The highest BCUT2D eigenvalue weighted by molar-refractivity contribution is 5.89. The molecule has 1 aromatic heterocycles. The van der Waals surface area contributed by atoms with E-state index in [-0.39, 0.29) is 6.61 Å². The van der Waals surface area contributed by atoms with Crippen LogP contribution in [-0.4, -0.2) is 6.09 Å². The van der Waals surface area contributed by atoms with Gasteiger partial charge in [0.25, 0.3) is 0 Å². The van der Waals surface area contributed by atoms with Crippen LogP contribution in [0.25, 0.3) is 11.0 Å². The molecule has 0 bridgehead atoms. The van der Waals surface area contributed by atoms with Crippen molar-refractivity contribution in [1.82, 2.24) is 0 Å². The van der Waals surface area contributed by atoms with Crippen LogP contribution in [0.15, 0.2) is 59.0 Å². The van der Waals surface area contributed by atoms with Gasteiger partial charge in [-0.2, -0.15) is 0 Å². The molecule has 0 saturated heterocycles. The van der Waals surface area contributed by atoms with Crippen LogP contribution >= 0.6 is 0 Å². The van der Waals surface area contributed by atoms with Gasteiger partial charge in [-0.1, -0.05) is 30.3 Å². The molecule has 3 aromatic rings. The SMILES string of the molecule is Cc1cc2cc(NC(=O)OCc3ccccc3)ccc2o1. The molecule has 0 saturated carbocycles. The highest BCUT2D eigenvalue weighted by atomic mass is 16.5. The number of rotatable bonds is 3. The van der Waals surface area contributed by atoms with Crippen molar-refractivity contribution in [3.05, 3.63) is 65.9 Å². The quantitative estimate of drug-likeness (QED) is 0.769. The van der Waals surface area contributed by atoms with Crippen LogP contribution in [0.5, 0.6) is 0 Å². The topological polar surface area (TPSA) is 51.5 Å². The fraction of sp³-hybridized carbons (Fsp3) is 0.118. The molecule has 0 unspecified atom stereocenters. The summed E-state index contributed by atoms with van der Waals surface area (Å²) in [6, 6.07) is 17.0. The minimum absolute atomic E-state index is 0.250. The van der Waals surface area contributed by atoms with E-state index >= 15 is 0 Å². The Morgan fingerprint density at radius 2 is 1.95 bits per heavy atom. The Kier molecular flexibility index (Phi) is 3.60. The average Bonchev–Trinajstić information content (AvgIpc) is 2.85. The molecule has 2 aromatic carbocycles. The lowest BCUT2D eigenvalue weighted by molar-refractivity contribution is 0.155. The smallest absolute Gasteiger partial charge is 0.411 e. The molecule has 0 aliphatic carbocycles. The predicted octanol–water partition coefficient (Wildman–Crippen LogP) is 4.49. The largest absolute Gasteiger partial charge is 0.461 e. The molecule has 4 heteroatoms. The maximum atomic E-state index is 11.8. The van der Waals surface area contributed by atoms with Crippen LogP contribution in [0.3, 0.4) is 0 Å². The standard InChI is InChI=1S/C17H15NO3/c1-12-9-14-10-15(7-8-16(14)21-12)18-17(19)20-11-13-5-3-2-4-6-13/h2-10H,11H2,1H3,(H,18,19). The van der Waals surface area contributed by atoms with Gasteiger partial charge in [0.05, 0.1) is 0 Å². The van der Waals surface area contributed by atoms with Crippen molar-refractivity contribution < 1.29 is 13.9 Å². The Morgan fingerprint density at radius 1 is 1.14 bits per heavy atom. The van der Waals surface area contributed by atoms with Gasteiger partial charge in [-0.05, 0) is 36.8 Å². The number of nitrogens with one attached hydrogen (secondary N) is 1. The molecule has 0 atom stereocenters. The molecular formula is C17H15NO3. The molecule has 0 fully saturated rings. The van der Waals surface area contributed by atoms with Crippen molar-refractivity contribution in [2.24, 2.45) is 0 Å². The maximum absolute atomic E-state index is 11.8. The van der Waals surface area contributed by atoms with Gasteiger partial charge >= 0.3 is 6.09 Å². The Bertz CT molecular complexity index is 762. The zero-order valence-corrected chi connectivity index (χ0v) is 11.6. The van der Waals surface area contributed by atoms with E-state index in [2.05, 4.69) is 5.32 Å². The Morgan fingerprint density at radius 3 is 2.76 bits per heavy atom. The van der Waals surface area contributed by atoms with Crippen molar-refractivity contribution in [3.63, 3.8) is 0 Å². The molecule has 3 rings (SSSR count). The number of anilines is 1. The molecule has 21 heavy (non-hydrogen) atoms. The summed E-state index contributed by atoms with van der Waals surface area (Å²) in [6.45, 7) is 2.14. The number of hydrogen-bond donors (Lipinski definition) is 1. The maximum Gasteiger partial charge on any atom is 0.411 e. The van der Waals surface area contributed by atoms with E-state index in [9.17, 15) is 4.79 Å². The second-order valence-corrected chi connectivity index (χ2v) is 4.80. The lowest BCUT2D eigenvalue weighted by atomic mass is 10.2. The molecular weight excluding hydrogens is 266 g/mol. The van der Waals surface area contributed by atoms with E-state index < -0.39 is 6.09 Å². The number of fused-ring (bicyclic) bond motifs is 1. The number of ether oxygens (including phenoxy) is 1. The molecule has 4 nitrogen and oxygen atoms in total. The summed E-state index contributed by atoms with van der Waals surface area (Å²) in [5.74, 6) is 0.841. The average molecular weight is 281 g/mol. The first-order valence-corrected chi connectivity index (χ1v) is 6.68.